The average Bonchev–Trinajstić information content (AvgIpc) is 2.85. The Morgan fingerprint density at radius 3 is 2.45 bits per heavy atom. The summed E-state index contributed by atoms with van der Waals surface area (Å²) in [6, 6.07) is -0.247. The molecule has 0 saturated heterocycles. The summed E-state index contributed by atoms with van der Waals surface area (Å²) < 4.78 is 0. The van der Waals surface area contributed by atoms with Gasteiger partial charge in [-0.3, -0.25) is 4.79 Å². The zero-order valence-electron chi connectivity index (χ0n) is 11.8. The third-order valence-electron chi connectivity index (χ3n) is 3.52. The van der Waals surface area contributed by atoms with E-state index in [0.717, 1.165) is 25.7 Å². The first-order valence-corrected chi connectivity index (χ1v) is 6.95. The van der Waals surface area contributed by atoms with Crippen molar-refractivity contribution in [2.45, 2.75) is 50.7 Å². The lowest BCUT2D eigenvalue weighted by Gasteiger charge is -2.30. The van der Waals surface area contributed by atoms with E-state index in [2.05, 4.69) is 5.32 Å². The maximum Gasteiger partial charge on any atom is 0.317 e. The van der Waals surface area contributed by atoms with Gasteiger partial charge in [0.2, 0.25) is 0 Å². The Hall–Kier alpha value is -1.34. The molecule has 0 bridgehead atoms. The van der Waals surface area contributed by atoms with Crippen LogP contribution in [0.15, 0.2) is 0 Å². The standard InChI is InChI=1S/C13H24N2O5/c1-13(20,8-11(17)18)9-14-12(19)15(6-7-16)10-4-2-3-5-10/h10,16,20H,2-9H2,1H3,(H,14,19)(H,17,18). The zero-order chi connectivity index (χ0) is 15.2. The second-order valence-corrected chi connectivity index (χ2v) is 5.58. The molecule has 1 unspecified atom stereocenters. The van der Waals surface area contributed by atoms with Gasteiger partial charge in [-0.25, -0.2) is 4.79 Å². The molecule has 7 nitrogen and oxygen atoms in total. The average molecular weight is 288 g/mol. The molecule has 0 aromatic rings. The van der Waals surface area contributed by atoms with Crippen LogP contribution in [-0.2, 0) is 4.79 Å². The van der Waals surface area contributed by atoms with Gasteiger partial charge in [-0.1, -0.05) is 12.8 Å². The Morgan fingerprint density at radius 1 is 1.35 bits per heavy atom. The number of aliphatic hydroxyl groups is 2. The van der Waals surface area contributed by atoms with E-state index < -0.39 is 18.0 Å². The van der Waals surface area contributed by atoms with Crippen molar-refractivity contribution < 1.29 is 24.9 Å². The van der Waals surface area contributed by atoms with Gasteiger partial charge < -0.3 is 25.5 Å². The van der Waals surface area contributed by atoms with Gasteiger partial charge in [-0.2, -0.15) is 0 Å². The normalized spacial score (nSPS) is 18.6. The Morgan fingerprint density at radius 2 is 1.95 bits per heavy atom. The molecule has 0 radical (unpaired) electrons. The molecule has 20 heavy (non-hydrogen) atoms. The van der Waals surface area contributed by atoms with Crippen LogP contribution in [0.2, 0.25) is 0 Å². The summed E-state index contributed by atoms with van der Waals surface area (Å²) in [5.41, 5.74) is -1.48. The van der Waals surface area contributed by atoms with Crippen LogP contribution >= 0.6 is 0 Å². The van der Waals surface area contributed by atoms with Crippen LogP contribution < -0.4 is 5.32 Å². The molecular weight excluding hydrogens is 264 g/mol. The lowest BCUT2D eigenvalue weighted by Crippen LogP contribution is -2.50. The second-order valence-electron chi connectivity index (χ2n) is 5.58. The number of urea groups is 1. The van der Waals surface area contributed by atoms with Gasteiger partial charge in [0.1, 0.15) is 0 Å². The minimum Gasteiger partial charge on any atom is -0.481 e. The summed E-state index contributed by atoms with van der Waals surface area (Å²) in [5, 5.41) is 30.1. The van der Waals surface area contributed by atoms with Crippen molar-refractivity contribution >= 4 is 12.0 Å². The maximum absolute atomic E-state index is 12.1. The van der Waals surface area contributed by atoms with Crippen LogP contribution in [0.25, 0.3) is 0 Å². The molecule has 1 saturated carbocycles. The van der Waals surface area contributed by atoms with Crippen molar-refractivity contribution in [3.63, 3.8) is 0 Å². The minimum atomic E-state index is -1.48. The predicted octanol–water partition coefficient (Wildman–Crippen LogP) is 0.159. The van der Waals surface area contributed by atoms with Gasteiger partial charge in [-0.05, 0) is 19.8 Å². The highest BCUT2D eigenvalue weighted by Gasteiger charge is 2.29. The minimum absolute atomic E-state index is 0.116. The summed E-state index contributed by atoms with van der Waals surface area (Å²) in [6.45, 7) is 1.37. The number of carboxylic acids is 1. The molecule has 1 rings (SSSR count). The zero-order valence-corrected chi connectivity index (χ0v) is 11.8. The second kappa shape index (κ2) is 7.44. The summed E-state index contributed by atoms with van der Waals surface area (Å²) in [7, 11) is 0. The van der Waals surface area contributed by atoms with Gasteiger partial charge in [0.05, 0.1) is 18.6 Å². The molecule has 4 N–H and O–H groups in total. The molecular formula is C13H24N2O5. The first kappa shape index (κ1) is 16.7. The molecule has 7 heteroatoms. The summed E-state index contributed by atoms with van der Waals surface area (Å²) in [6.07, 6.45) is 3.53. The van der Waals surface area contributed by atoms with Crippen LogP contribution in [0.1, 0.15) is 39.0 Å². The van der Waals surface area contributed by atoms with Crippen molar-refractivity contribution in [3.05, 3.63) is 0 Å². The Labute approximate surface area is 118 Å². The van der Waals surface area contributed by atoms with Crippen LogP contribution in [0.3, 0.4) is 0 Å². The number of aliphatic hydroxyl groups excluding tert-OH is 1. The molecule has 0 spiro atoms. The van der Waals surface area contributed by atoms with E-state index >= 15 is 0 Å². The van der Waals surface area contributed by atoms with E-state index in [1.807, 2.05) is 0 Å². The molecule has 1 fully saturated rings. The van der Waals surface area contributed by atoms with Gasteiger partial charge in [0, 0.05) is 19.1 Å². The predicted molar refractivity (Wildman–Crippen MR) is 72.3 cm³/mol. The largest absolute Gasteiger partial charge is 0.481 e. The van der Waals surface area contributed by atoms with E-state index in [0.29, 0.717) is 0 Å². The van der Waals surface area contributed by atoms with Gasteiger partial charge >= 0.3 is 12.0 Å². The van der Waals surface area contributed by atoms with Gasteiger partial charge in [-0.15, -0.1) is 0 Å². The van der Waals surface area contributed by atoms with Crippen molar-refractivity contribution in [3.8, 4) is 0 Å². The lowest BCUT2D eigenvalue weighted by molar-refractivity contribution is -0.141. The molecule has 1 atom stereocenters. The number of carboxylic acid groups (broad SMARTS) is 1. The number of hydrogen-bond donors (Lipinski definition) is 4. The van der Waals surface area contributed by atoms with Crippen LogP contribution in [0.4, 0.5) is 4.79 Å². The molecule has 0 aliphatic heterocycles. The van der Waals surface area contributed by atoms with Crippen LogP contribution in [-0.4, -0.2) is 63.6 Å². The Kier molecular flexibility index (Phi) is 6.22. The Bertz CT molecular complexity index is 340. The molecule has 2 amide bonds. The Balaban J connectivity index is 2.51. The SMILES string of the molecule is CC(O)(CNC(=O)N(CCO)C1CCCC1)CC(=O)O. The highest BCUT2D eigenvalue weighted by molar-refractivity contribution is 5.75. The first-order chi connectivity index (χ1) is 9.35. The van der Waals surface area contributed by atoms with Crippen molar-refractivity contribution in [1.82, 2.24) is 10.2 Å². The number of carbonyl (C=O) groups is 2. The molecule has 0 heterocycles. The third-order valence-corrected chi connectivity index (χ3v) is 3.52. The number of rotatable bonds is 7. The first-order valence-electron chi connectivity index (χ1n) is 6.95. The van der Waals surface area contributed by atoms with E-state index in [1.54, 1.807) is 4.90 Å². The molecule has 116 valence electrons. The highest BCUT2D eigenvalue weighted by Crippen LogP contribution is 2.23. The van der Waals surface area contributed by atoms with E-state index in [1.165, 1.54) is 6.92 Å². The fourth-order valence-electron chi connectivity index (χ4n) is 2.53. The van der Waals surface area contributed by atoms with Crippen LogP contribution in [0, 0.1) is 0 Å². The quantitative estimate of drug-likeness (QED) is 0.533. The maximum atomic E-state index is 12.1. The van der Waals surface area contributed by atoms with E-state index in [9.17, 15) is 14.7 Å². The van der Waals surface area contributed by atoms with Crippen molar-refractivity contribution in [2.75, 3.05) is 19.7 Å². The molecule has 1 aliphatic rings. The van der Waals surface area contributed by atoms with E-state index in [4.69, 9.17) is 10.2 Å². The molecule has 1 aliphatic carbocycles. The van der Waals surface area contributed by atoms with Gasteiger partial charge in [0.15, 0.2) is 0 Å². The summed E-state index contributed by atoms with van der Waals surface area (Å²) in [5.74, 6) is -1.12. The number of aliphatic carboxylic acids is 1. The number of amides is 2. The van der Waals surface area contributed by atoms with Gasteiger partial charge in [0.25, 0.3) is 0 Å². The number of nitrogens with zero attached hydrogens (tertiary/aromatic N) is 1. The van der Waals surface area contributed by atoms with Crippen molar-refractivity contribution in [2.24, 2.45) is 0 Å². The highest BCUT2D eigenvalue weighted by atomic mass is 16.4. The number of carbonyl (C=O) groups excluding carboxylic acids is 1. The third kappa shape index (κ3) is 5.34. The number of nitrogens with one attached hydrogen (secondary N) is 1. The fourth-order valence-corrected chi connectivity index (χ4v) is 2.53. The number of hydrogen-bond acceptors (Lipinski definition) is 4. The topological polar surface area (TPSA) is 110 Å². The summed E-state index contributed by atoms with van der Waals surface area (Å²) in [4.78, 5) is 24.3. The van der Waals surface area contributed by atoms with Crippen molar-refractivity contribution in [1.29, 1.82) is 0 Å². The fraction of sp³-hybridized carbons (Fsp3) is 0.846. The monoisotopic (exact) mass is 288 g/mol. The van der Waals surface area contributed by atoms with Crippen LogP contribution in [0.5, 0.6) is 0 Å². The van der Waals surface area contributed by atoms with E-state index in [-0.39, 0.29) is 31.8 Å². The summed E-state index contributed by atoms with van der Waals surface area (Å²) >= 11 is 0. The smallest absolute Gasteiger partial charge is 0.317 e. The lowest BCUT2D eigenvalue weighted by atomic mass is 10.0. The molecule has 0 aromatic carbocycles. The molecule has 0 aromatic heterocycles.